The van der Waals surface area contributed by atoms with Gasteiger partial charge in [0.25, 0.3) is 0 Å². The second-order valence-corrected chi connectivity index (χ2v) is 7.39. The highest BCUT2D eigenvalue weighted by Gasteiger charge is 2.32. The summed E-state index contributed by atoms with van der Waals surface area (Å²) in [5, 5.41) is 11.1. The molecule has 0 unspecified atom stereocenters. The van der Waals surface area contributed by atoms with Crippen molar-refractivity contribution in [3.63, 3.8) is 0 Å². The smallest absolute Gasteiger partial charge is 0.119 e. The maximum atomic E-state index is 9.89. The summed E-state index contributed by atoms with van der Waals surface area (Å²) in [5.74, 6) is 1.26. The van der Waals surface area contributed by atoms with Gasteiger partial charge in [-0.25, -0.2) is 0 Å². The Kier molecular flexibility index (Phi) is 4.55. The first kappa shape index (κ1) is 16.8. The lowest BCUT2D eigenvalue weighted by atomic mass is 9.74. The van der Waals surface area contributed by atoms with Crippen molar-refractivity contribution in [3.05, 3.63) is 58.5 Å². The van der Waals surface area contributed by atoms with Crippen LogP contribution < -0.4 is 4.74 Å². The maximum absolute atomic E-state index is 9.89. The molecule has 3 rings (SSSR count). The number of hydrogen-bond donors (Lipinski definition) is 1. The van der Waals surface area contributed by atoms with Gasteiger partial charge in [-0.3, -0.25) is 0 Å². The lowest BCUT2D eigenvalue weighted by molar-refractivity contribution is 0.415. The van der Waals surface area contributed by atoms with Crippen molar-refractivity contribution in [1.82, 2.24) is 0 Å². The highest BCUT2D eigenvalue weighted by molar-refractivity contribution is 7.19. The molecular formula is C21H24O2S. The van der Waals surface area contributed by atoms with E-state index in [1.165, 1.54) is 20.5 Å². The number of hydrogen-bond acceptors (Lipinski definition) is 3. The van der Waals surface area contributed by atoms with Crippen LogP contribution in [-0.2, 0) is 5.41 Å². The summed E-state index contributed by atoms with van der Waals surface area (Å²) in [4.78, 5) is 1.38. The fourth-order valence-electron chi connectivity index (χ4n) is 3.49. The molecule has 0 atom stereocenters. The fraction of sp³-hybridized carbons (Fsp3) is 0.333. The summed E-state index contributed by atoms with van der Waals surface area (Å²) >= 11 is 1.86. The van der Waals surface area contributed by atoms with Crippen LogP contribution in [0.4, 0.5) is 0 Å². The third kappa shape index (κ3) is 2.67. The molecule has 2 nitrogen and oxygen atoms in total. The molecular weight excluding hydrogens is 316 g/mol. The monoisotopic (exact) mass is 340 g/mol. The molecule has 0 aliphatic carbocycles. The molecule has 2 aromatic carbocycles. The number of aryl methyl sites for hydroxylation is 1. The number of aromatic hydroxyl groups is 1. The largest absolute Gasteiger partial charge is 0.508 e. The zero-order valence-electron chi connectivity index (χ0n) is 14.7. The molecule has 0 saturated carbocycles. The van der Waals surface area contributed by atoms with Gasteiger partial charge in [-0.1, -0.05) is 26.0 Å². The quantitative estimate of drug-likeness (QED) is 0.614. The predicted molar refractivity (Wildman–Crippen MR) is 103 cm³/mol. The number of phenols is 1. The molecule has 0 spiro atoms. The summed E-state index contributed by atoms with van der Waals surface area (Å²) in [6, 6.07) is 14.6. The average molecular weight is 340 g/mol. The minimum Gasteiger partial charge on any atom is -0.508 e. The van der Waals surface area contributed by atoms with E-state index in [0.29, 0.717) is 5.75 Å². The van der Waals surface area contributed by atoms with Crippen molar-refractivity contribution in [3.8, 4) is 11.5 Å². The molecule has 0 saturated heterocycles. The van der Waals surface area contributed by atoms with Gasteiger partial charge in [0.15, 0.2) is 0 Å². The van der Waals surface area contributed by atoms with Gasteiger partial charge in [-0.2, -0.15) is 0 Å². The highest BCUT2D eigenvalue weighted by Crippen LogP contribution is 2.45. The molecule has 0 aliphatic heterocycles. The van der Waals surface area contributed by atoms with E-state index in [1.54, 1.807) is 7.11 Å². The third-order valence-electron chi connectivity index (χ3n) is 5.15. The van der Waals surface area contributed by atoms with E-state index in [4.69, 9.17) is 4.74 Å². The number of rotatable bonds is 5. The standard InChI is InChI=1S/C21H24O2S/c1-5-21(6-2,16-7-9-18(22)14(3)11-16)20-13-15-12-17(23-4)8-10-19(15)24-20/h7-13,22H,5-6H2,1-4H3. The predicted octanol–water partition coefficient (Wildman–Crippen LogP) is 6.03. The normalized spacial score (nSPS) is 11.8. The van der Waals surface area contributed by atoms with Crippen LogP contribution in [0.2, 0.25) is 0 Å². The summed E-state index contributed by atoms with van der Waals surface area (Å²) < 4.78 is 6.65. The van der Waals surface area contributed by atoms with E-state index in [9.17, 15) is 5.11 Å². The Bertz CT molecular complexity index is 859. The molecule has 0 amide bonds. The van der Waals surface area contributed by atoms with Gasteiger partial charge in [0.1, 0.15) is 11.5 Å². The van der Waals surface area contributed by atoms with Gasteiger partial charge in [-0.15, -0.1) is 11.3 Å². The average Bonchev–Trinajstić information content (AvgIpc) is 3.02. The van der Waals surface area contributed by atoms with Gasteiger partial charge < -0.3 is 9.84 Å². The number of thiophene rings is 1. The van der Waals surface area contributed by atoms with Gasteiger partial charge in [0.2, 0.25) is 0 Å². The van der Waals surface area contributed by atoms with Crippen molar-refractivity contribution in [1.29, 1.82) is 0 Å². The molecule has 1 aromatic heterocycles. The van der Waals surface area contributed by atoms with Crippen LogP contribution in [0.25, 0.3) is 10.1 Å². The number of methoxy groups -OCH3 is 1. The molecule has 0 aliphatic rings. The van der Waals surface area contributed by atoms with E-state index < -0.39 is 0 Å². The van der Waals surface area contributed by atoms with Crippen molar-refractivity contribution < 1.29 is 9.84 Å². The summed E-state index contributed by atoms with van der Waals surface area (Å²) in [6.45, 7) is 6.46. The topological polar surface area (TPSA) is 29.5 Å². The fourth-order valence-corrected chi connectivity index (χ4v) is 4.88. The molecule has 3 aromatic rings. The molecule has 1 heterocycles. The highest BCUT2D eigenvalue weighted by atomic mass is 32.1. The molecule has 24 heavy (non-hydrogen) atoms. The molecule has 0 bridgehead atoms. The molecule has 126 valence electrons. The molecule has 3 heteroatoms. The Balaban J connectivity index is 2.18. The molecule has 0 radical (unpaired) electrons. The van der Waals surface area contributed by atoms with Gasteiger partial charge >= 0.3 is 0 Å². The van der Waals surface area contributed by atoms with Crippen molar-refractivity contribution in [2.45, 2.75) is 39.0 Å². The Morgan fingerprint density at radius 2 is 1.79 bits per heavy atom. The maximum Gasteiger partial charge on any atom is 0.119 e. The number of ether oxygens (including phenoxy) is 1. The molecule has 1 N–H and O–H groups in total. The van der Waals surface area contributed by atoms with E-state index in [2.05, 4.69) is 44.2 Å². The lowest BCUT2D eigenvalue weighted by Crippen LogP contribution is -2.24. The SMILES string of the molecule is CCC(CC)(c1ccc(O)c(C)c1)c1cc2cc(OC)ccc2s1. The van der Waals surface area contributed by atoms with Crippen LogP contribution in [0.5, 0.6) is 11.5 Å². The number of benzene rings is 2. The first-order valence-corrected chi connectivity index (χ1v) is 9.24. The first-order chi connectivity index (χ1) is 11.5. The Labute approximate surface area is 147 Å². The van der Waals surface area contributed by atoms with Crippen LogP contribution in [-0.4, -0.2) is 12.2 Å². The number of fused-ring (bicyclic) bond motifs is 1. The van der Waals surface area contributed by atoms with Crippen LogP contribution in [0.3, 0.4) is 0 Å². The Morgan fingerprint density at radius 1 is 1.04 bits per heavy atom. The summed E-state index contributed by atoms with van der Waals surface area (Å²) in [5.41, 5.74) is 2.19. The van der Waals surface area contributed by atoms with Crippen molar-refractivity contribution >= 4 is 21.4 Å². The Morgan fingerprint density at radius 3 is 2.42 bits per heavy atom. The summed E-state index contributed by atoms with van der Waals surface area (Å²) in [7, 11) is 1.70. The zero-order valence-corrected chi connectivity index (χ0v) is 15.5. The van der Waals surface area contributed by atoms with Gasteiger partial charge in [-0.05, 0) is 66.6 Å². The van der Waals surface area contributed by atoms with E-state index in [0.717, 1.165) is 24.2 Å². The van der Waals surface area contributed by atoms with E-state index in [-0.39, 0.29) is 5.41 Å². The first-order valence-electron chi connectivity index (χ1n) is 8.42. The lowest BCUT2D eigenvalue weighted by Gasteiger charge is -2.32. The minimum absolute atomic E-state index is 0.0185. The third-order valence-corrected chi connectivity index (χ3v) is 6.47. The van der Waals surface area contributed by atoms with Crippen molar-refractivity contribution in [2.75, 3.05) is 7.11 Å². The van der Waals surface area contributed by atoms with Gasteiger partial charge in [0, 0.05) is 15.0 Å². The van der Waals surface area contributed by atoms with Gasteiger partial charge in [0.05, 0.1) is 7.11 Å². The Hall–Kier alpha value is -2.00. The second-order valence-electron chi connectivity index (χ2n) is 6.30. The molecule has 0 fully saturated rings. The van der Waals surface area contributed by atoms with Crippen LogP contribution in [0.1, 0.15) is 42.7 Å². The van der Waals surface area contributed by atoms with Crippen LogP contribution in [0, 0.1) is 6.92 Å². The van der Waals surface area contributed by atoms with Crippen molar-refractivity contribution in [2.24, 2.45) is 0 Å². The number of phenolic OH excluding ortho intramolecular Hbond substituents is 1. The minimum atomic E-state index is -0.0185. The second kappa shape index (κ2) is 6.48. The van der Waals surface area contributed by atoms with E-state index in [1.807, 2.05) is 30.4 Å². The van der Waals surface area contributed by atoms with E-state index >= 15 is 0 Å². The zero-order chi connectivity index (χ0) is 17.3. The van der Waals surface area contributed by atoms with Crippen LogP contribution in [0.15, 0.2) is 42.5 Å². The summed E-state index contributed by atoms with van der Waals surface area (Å²) in [6.07, 6.45) is 2.05. The van der Waals surface area contributed by atoms with Crippen LogP contribution >= 0.6 is 11.3 Å².